The largest absolute Gasteiger partial charge is 0.322 e. The van der Waals surface area contributed by atoms with Gasteiger partial charge in [0, 0.05) is 16.1 Å². The molecule has 98 valence electrons. The number of anilines is 1. The lowest BCUT2D eigenvalue weighted by Gasteiger charge is -2.08. The highest BCUT2D eigenvalue weighted by atomic mass is 32.2. The molecule has 2 aromatic carbocycles. The Morgan fingerprint density at radius 1 is 1.00 bits per heavy atom. The second-order valence-electron chi connectivity index (χ2n) is 4.48. The summed E-state index contributed by atoms with van der Waals surface area (Å²) in [5.41, 5.74) is 3.91. The molecule has 0 aliphatic heterocycles. The van der Waals surface area contributed by atoms with E-state index in [-0.39, 0.29) is 5.91 Å². The average molecular weight is 271 g/mol. The van der Waals surface area contributed by atoms with Crippen LogP contribution in [0.2, 0.25) is 0 Å². The van der Waals surface area contributed by atoms with Crippen LogP contribution in [0.25, 0.3) is 0 Å². The molecule has 0 saturated heterocycles. The van der Waals surface area contributed by atoms with E-state index in [0.29, 0.717) is 5.56 Å². The molecule has 0 atom stereocenters. The number of carbonyl (C=O) groups excluding carboxylic acids is 1. The molecule has 2 rings (SSSR count). The summed E-state index contributed by atoms with van der Waals surface area (Å²) in [6.07, 6.45) is 2.02. The lowest BCUT2D eigenvalue weighted by atomic mass is 10.1. The van der Waals surface area contributed by atoms with Gasteiger partial charge >= 0.3 is 0 Å². The number of aryl methyl sites for hydroxylation is 2. The highest BCUT2D eigenvalue weighted by Gasteiger charge is 2.06. The van der Waals surface area contributed by atoms with E-state index < -0.39 is 0 Å². The van der Waals surface area contributed by atoms with Crippen LogP contribution in [-0.2, 0) is 0 Å². The molecule has 0 fully saturated rings. The number of hydrogen-bond donors (Lipinski definition) is 1. The zero-order valence-corrected chi connectivity index (χ0v) is 12.2. The van der Waals surface area contributed by atoms with Crippen molar-refractivity contribution in [1.29, 1.82) is 0 Å². The van der Waals surface area contributed by atoms with Crippen molar-refractivity contribution in [2.75, 3.05) is 11.6 Å². The van der Waals surface area contributed by atoms with Crippen LogP contribution in [0.4, 0.5) is 5.69 Å². The Morgan fingerprint density at radius 3 is 2.26 bits per heavy atom. The third-order valence-corrected chi connectivity index (χ3v) is 3.86. The van der Waals surface area contributed by atoms with E-state index in [1.54, 1.807) is 11.8 Å². The lowest BCUT2D eigenvalue weighted by Crippen LogP contribution is -2.11. The summed E-state index contributed by atoms with van der Waals surface area (Å²) >= 11 is 1.67. The normalized spacial score (nSPS) is 10.3. The fraction of sp³-hybridized carbons (Fsp3) is 0.188. The van der Waals surface area contributed by atoms with Crippen molar-refractivity contribution >= 4 is 23.4 Å². The molecule has 19 heavy (non-hydrogen) atoms. The van der Waals surface area contributed by atoms with E-state index in [9.17, 15) is 4.79 Å². The summed E-state index contributed by atoms with van der Waals surface area (Å²) in [6, 6.07) is 13.5. The molecular weight excluding hydrogens is 254 g/mol. The van der Waals surface area contributed by atoms with Gasteiger partial charge in [0.15, 0.2) is 0 Å². The van der Waals surface area contributed by atoms with E-state index in [1.807, 2.05) is 55.6 Å². The predicted octanol–water partition coefficient (Wildman–Crippen LogP) is 4.28. The smallest absolute Gasteiger partial charge is 0.255 e. The highest BCUT2D eigenvalue weighted by Crippen LogP contribution is 2.17. The molecule has 0 unspecified atom stereocenters. The molecule has 0 heterocycles. The first-order valence-electron chi connectivity index (χ1n) is 6.13. The number of amides is 1. The molecule has 0 aromatic heterocycles. The van der Waals surface area contributed by atoms with Crippen LogP contribution in [0.5, 0.6) is 0 Å². The van der Waals surface area contributed by atoms with E-state index >= 15 is 0 Å². The van der Waals surface area contributed by atoms with Gasteiger partial charge in [0.25, 0.3) is 5.91 Å². The van der Waals surface area contributed by atoms with Gasteiger partial charge in [-0.1, -0.05) is 6.07 Å². The predicted molar refractivity (Wildman–Crippen MR) is 82.1 cm³/mol. The minimum Gasteiger partial charge on any atom is -0.322 e. The van der Waals surface area contributed by atoms with Crippen LogP contribution in [0.3, 0.4) is 0 Å². The molecule has 1 amide bonds. The standard InChI is InChI=1S/C16H17NOS/c1-11-4-7-14(10-12(11)2)17-16(18)13-5-8-15(19-3)9-6-13/h4-10H,1-3H3,(H,17,18). The maximum absolute atomic E-state index is 12.1. The minimum atomic E-state index is -0.0732. The van der Waals surface area contributed by atoms with Crippen molar-refractivity contribution in [2.45, 2.75) is 18.7 Å². The average Bonchev–Trinajstić information content (AvgIpc) is 2.43. The molecule has 0 aliphatic rings. The number of carbonyl (C=O) groups is 1. The van der Waals surface area contributed by atoms with Crippen LogP contribution >= 0.6 is 11.8 Å². The van der Waals surface area contributed by atoms with Gasteiger partial charge in [0.05, 0.1) is 0 Å². The molecule has 0 spiro atoms. The van der Waals surface area contributed by atoms with Gasteiger partial charge in [-0.2, -0.15) is 0 Å². The van der Waals surface area contributed by atoms with E-state index in [2.05, 4.69) is 12.2 Å². The van der Waals surface area contributed by atoms with Crippen LogP contribution in [0.1, 0.15) is 21.5 Å². The van der Waals surface area contributed by atoms with Gasteiger partial charge in [0.1, 0.15) is 0 Å². The Bertz CT molecular complexity index is 590. The maximum Gasteiger partial charge on any atom is 0.255 e. The highest BCUT2D eigenvalue weighted by molar-refractivity contribution is 7.98. The molecule has 0 saturated carbocycles. The minimum absolute atomic E-state index is 0.0732. The SMILES string of the molecule is CSc1ccc(C(=O)Nc2ccc(C)c(C)c2)cc1. The number of thioether (sulfide) groups is 1. The first kappa shape index (κ1) is 13.7. The molecular formula is C16H17NOS. The van der Waals surface area contributed by atoms with Gasteiger partial charge in [-0.3, -0.25) is 4.79 Å². The van der Waals surface area contributed by atoms with Crippen molar-refractivity contribution in [1.82, 2.24) is 0 Å². The Balaban J connectivity index is 2.13. The number of rotatable bonds is 3. The fourth-order valence-electron chi connectivity index (χ4n) is 1.76. The van der Waals surface area contributed by atoms with Crippen molar-refractivity contribution in [3.8, 4) is 0 Å². The van der Waals surface area contributed by atoms with Crippen LogP contribution in [0.15, 0.2) is 47.4 Å². The summed E-state index contributed by atoms with van der Waals surface area (Å²) in [5.74, 6) is -0.0732. The zero-order chi connectivity index (χ0) is 13.8. The molecule has 2 aromatic rings. The molecule has 0 bridgehead atoms. The van der Waals surface area contributed by atoms with Gasteiger partial charge < -0.3 is 5.32 Å². The van der Waals surface area contributed by atoms with E-state index in [0.717, 1.165) is 10.6 Å². The fourth-order valence-corrected chi connectivity index (χ4v) is 2.17. The topological polar surface area (TPSA) is 29.1 Å². The third-order valence-electron chi connectivity index (χ3n) is 3.12. The first-order chi connectivity index (χ1) is 9.10. The van der Waals surface area contributed by atoms with Crippen molar-refractivity contribution in [3.05, 3.63) is 59.2 Å². The second-order valence-corrected chi connectivity index (χ2v) is 5.36. The third kappa shape index (κ3) is 3.38. The van der Waals surface area contributed by atoms with Crippen molar-refractivity contribution in [3.63, 3.8) is 0 Å². The molecule has 2 nitrogen and oxygen atoms in total. The van der Waals surface area contributed by atoms with Gasteiger partial charge in [0.2, 0.25) is 0 Å². The Morgan fingerprint density at radius 2 is 1.68 bits per heavy atom. The second kappa shape index (κ2) is 5.93. The Hall–Kier alpha value is -1.74. The Labute approximate surface area is 118 Å². The van der Waals surface area contributed by atoms with Crippen molar-refractivity contribution in [2.24, 2.45) is 0 Å². The van der Waals surface area contributed by atoms with Crippen LogP contribution in [-0.4, -0.2) is 12.2 Å². The lowest BCUT2D eigenvalue weighted by molar-refractivity contribution is 0.102. The number of hydrogen-bond acceptors (Lipinski definition) is 2. The summed E-state index contributed by atoms with van der Waals surface area (Å²) in [6.45, 7) is 4.10. The molecule has 3 heteroatoms. The summed E-state index contributed by atoms with van der Waals surface area (Å²) < 4.78 is 0. The molecule has 0 radical (unpaired) electrons. The number of benzene rings is 2. The van der Waals surface area contributed by atoms with Crippen molar-refractivity contribution < 1.29 is 4.79 Å². The van der Waals surface area contributed by atoms with Gasteiger partial charge in [-0.25, -0.2) is 0 Å². The molecule has 1 N–H and O–H groups in total. The monoisotopic (exact) mass is 271 g/mol. The van der Waals surface area contributed by atoms with Crippen LogP contribution in [0, 0.1) is 13.8 Å². The van der Waals surface area contributed by atoms with Gasteiger partial charge in [-0.15, -0.1) is 11.8 Å². The summed E-state index contributed by atoms with van der Waals surface area (Å²) in [4.78, 5) is 13.2. The van der Waals surface area contributed by atoms with E-state index in [1.165, 1.54) is 11.1 Å². The quantitative estimate of drug-likeness (QED) is 0.844. The number of nitrogens with one attached hydrogen (secondary N) is 1. The Kier molecular flexibility index (Phi) is 4.27. The molecule has 0 aliphatic carbocycles. The first-order valence-corrected chi connectivity index (χ1v) is 7.35. The summed E-state index contributed by atoms with van der Waals surface area (Å²) in [7, 11) is 0. The zero-order valence-electron chi connectivity index (χ0n) is 11.4. The van der Waals surface area contributed by atoms with Gasteiger partial charge in [-0.05, 0) is 67.6 Å². The summed E-state index contributed by atoms with van der Waals surface area (Å²) in [5, 5.41) is 2.92. The van der Waals surface area contributed by atoms with Crippen LogP contribution < -0.4 is 5.32 Å². The van der Waals surface area contributed by atoms with E-state index in [4.69, 9.17) is 0 Å². The maximum atomic E-state index is 12.1.